The highest BCUT2D eigenvalue weighted by Crippen LogP contribution is 2.27. The van der Waals surface area contributed by atoms with E-state index in [0.29, 0.717) is 40.2 Å². The second kappa shape index (κ2) is 9.58. The minimum atomic E-state index is -0.160. The summed E-state index contributed by atoms with van der Waals surface area (Å²) in [7, 11) is 1.54. The number of hydrogen-bond donors (Lipinski definition) is 2. The third-order valence-electron chi connectivity index (χ3n) is 4.18. The van der Waals surface area contributed by atoms with E-state index in [1.165, 1.54) is 7.11 Å². The zero-order valence-electron chi connectivity index (χ0n) is 16.1. The second-order valence-electron chi connectivity index (χ2n) is 6.11. The molecule has 1 aromatic heterocycles. The minimum absolute atomic E-state index is 0.160. The summed E-state index contributed by atoms with van der Waals surface area (Å²) in [4.78, 5) is 12.4. The molecule has 3 aromatic rings. The first-order valence-electron chi connectivity index (χ1n) is 9.03. The normalized spacial score (nSPS) is 10.6. The summed E-state index contributed by atoms with van der Waals surface area (Å²) in [6.07, 6.45) is 0.224. The largest absolute Gasteiger partial charge is 0.495 e. The van der Waals surface area contributed by atoms with E-state index < -0.39 is 0 Å². The number of carbonyl (C=O) groups excluding carboxylic acids is 1. The lowest BCUT2D eigenvalue weighted by atomic mass is 10.2. The van der Waals surface area contributed by atoms with Crippen LogP contribution < -0.4 is 14.8 Å². The van der Waals surface area contributed by atoms with Crippen LogP contribution in [0.1, 0.15) is 13.3 Å². The van der Waals surface area contributed by atoms with Crippen LogP contribution in [-0.4, -0.2) is 34.4 Å². The minimum Gasteiger partial charge on any atom is -0.495 e. The van der Waals surface area contributed by atoms with E-state index in [-0.39, 0.29) is 12.3 Å². The van der Waals surface area contributed by atoms with Crippen molar-refractivity contribution in [1.29, 1.82) is 0 Å². The van der Waals surface area contributed by atoms with Crippen molar-refractivity contribution in [3.05, 3.63) is 52.3 Å². The summed E-state index contributed by atoms with van der Waals surface area (Å²) in [6.45, 7) is 2.92. The van der Waals surface area contributed by atoms with Crippen LogP contribution in [0.5, 0.6) is 11.5 Å². The molecule has 29 heavy (non-hydrogen) atoms. The first-order chi connectivity index (χ1) is 14.0. The summed E-state index contributed by atoms with van der Waals surface area (Å²) in [5.41, 5.74) is 1.48. The number of amides is 1. The van der Waals surface area contributed by atoms with E-state index >= 15 is 0 Å². The SMILES string of the molecule is CCOc1ccc(-c2n[nH]c(=S)n2CCC(=O)Nc2ccc(OC)c(Cl)c2)cc1. The van der Waals surface area contributed by atoms with Gasteiger partial charge in [0.15, 0.2) is 10.6 Å². The first kappa shape index (κ1) is 20.9. The number of nitrogens with one attached hydrogen (secondary N) is 2. The fourth-order valence-electron chi connectivity index (χ4n) is 2.79. The highest BCUT2D eigenvalue weighted by atomic mass is 35.5. The molecular weight excluding hydrogens is 412 g/mol. The van der Waals surface area contributed by atoms with Crippen molar-refractivity contribution in [1.82, 2.24) is 14.8 Å². The predicted octanol–water partition coefficient (Wildman–Crippen LogP) is 4.70. The smallest absolute Gasteiger partial charge is 0.226 e. The van der Waals surface area contributed by atoms with Gasteiger partial charge in [-0.15, -0.1) is 0 Å². The van der Waals surface area contributed by atoms with Gasteiger partial charge in [0.2, 0.25) is 5.91 Å². The van der Waals surface area contributed by atoms with Crippen LogP contribution in [0.2, 0.25) is 5.02 Å². The molecule has 0 atom stereocenters. The molecule has 152 valence electrons. The highest BCUT2D eigenvalue weighted by Gasteiger charge is 2.12. The van der Waals surface area contributed by atoms with Crippen LogP contribution >= 0.6 is 23.8 Å². The summed E-state index contributed by atoms with van der Waals surface area (Å²) in [5, 5.41) is 10.3. The van der Waals surface area contributed by atoms with Crippen molar-refractivity contribution in [2.45, 2.75) is 19.9 Å². The number of nitrogens with zero attached hydrogens (tertiary/aromatic N) is 2. The van der Waals surface area contributed by atoms with E-state index in [1.54, 1.807) is 22.8 Å². The molecule has 0 saturated heterocycles. The van der Waals surface area contributed by atoms with E-state index in [0.717, 1.165) is 11.3 Å². The molecule has 1 amide bonds. The van der Waals surface area contributed by atoms with Gasteiger partial charge in [0.05, 0.1) is 18.7 Å². The van der Waals surface area contributed by atoms with Crippen molar-refractivity contribution in [3.63, 3.8) is 0 Å². The molecule has 0 aliphatic carbocycles. The van der Waals surface area contributed by atoms with Gasteiger partial charge in [-0.05, 0) is 61.6 Å². The Morgan fingerprint density at radius 2 is 2.03 bits per heavy atom. The van der Waals surface area contributed by atoms with Crippen LogP contribution in [-0.2, 0) is 11.3 Å². The van der Waals surface area contributed by atoms with Gasteiger partial charge < -0.3 is 14.8 Å². The Labute approximate surface area is 178 Å². The van der Waals surface area contributed by atoms with Crippen LogP contribution in [0.3, 0.4) is 0 Å². The van der Waals surface area contributed by atoms with Crippen LogP contribution in [0.15, 0.2) is 42.5 Å². The average molecular weight is 433 g/mol. The number of carbonyl (C=O) groups is 1. The number of aromatic amines is 1. The standard InChI is InChI=1S/C20H21ClN4O3S/c1-3-28-15-7-4-13(5-8-15)19-23-24-20(29)25(19)11-10-18(26)22-14-6-9-17(27-2)16(21)12-14/h4-9,12H,3,10-11H2,1-2H3,(H,22,26)(H,24,29). The van der Waals surface area contributed by atoms with Crippen LogP contribution in [0.4, 0.5) is 5.69 Å². The Balaban J connectivity index is 1.68. The molecule has 2 N–H and O–H groups in total. The highest BCUT2D eigenvalue weighted by molar-refractivity contribution is 7.71. The van der Waals surface area contributed by atoms with Crippen molar-refractivity contribution >= 4 is 35.4 Å². The molecule has 0 radical (unpaired) electrons. The molecule has 7 nitrogen and oxygen atoms in total. The Kier molecular flexibility index (Phi) is 6.90. The van der Waals surface area contributed by atoms with Gasteiger partial charge in [0.25, 0.3) is 0 Å². The molecule has 0 aliphatic rings. The van der Waals surface area contributed by atoms with Gasteiger partial charge in [0, 0.05) is 24.2 Å². The summed E-state index contributed by atoms with van der Waals surface area (Å²) in [5.74, 6) is 1.84. The molecule has 3 rings (SSSR count). The first-order valence-corrected chi connectivity index (χ1v) is 9.82. The van der Waals surface area contributed by atoms with E-state index in [4.69, 9.17) is 33.3 Å². The van der Waals surface area contributed by atoms with E-state index in [1.807, 2.05) is 31.2 Å². The average Bonchev–Trinajstić information content (AvgIpc) is 3.08. The molecule has 0 saturated carbocycles. The van der Waals surface area contributed by atoms with Crippen LogP contribution in [0, 0.1) is 4.77 Å². The van der Waals surface area contributed by atoms with Gasteiger partial charge in [-0.2, -0.15) is 5.10 Å². The number of ether oxygens (including phenoxy) is 2. The van der Waals surface area contributed by atoms with Crippen molar-refractivity contribution < 1.29 is 14.3 Å². The maximum absolute atomic E-state index is 12.4. The number of methoxy groups -OCH3 is 1. The number of hydrogen-bond acceptors (Lipinski definition) is 5. The summed E-state index contributed by atoms with van der Waals surface area (Å²) in [6, 6.07) is 12.7. The third-order valence-corrected chi connectivity index (χ3v) is 4.79. The Hall–Kier alpha value is -2.84. The lowest BCUT2D eigenvalue weighted by molar-refractivity contribution is -0.116. The molecule has 0 bridgehead atoms. The van der Waals surface area contributed by atoms with E-state index in [2.05, 4.69) is 15.5 Å². The monoisotopic (exact) mass is 432 g/mol. The zero-order valence-corrected chi connectivity index (χ0v) is 17.6. The number of benzene rings is 2. The Morgan fingerprint density at radius 1 is 1.28 bits per heavy atom. The third kappa shape index (κ3) is 5.16. The lowest BCUT2D eigenvalue weighted by Gasteiger charge is -2.10. The molecule has 1 heterocycles. The predicted molar refractivity (Wildman–Crippen MR) is 115 cm³/mol. The number of anilines is 1. The summed E-state index contributed by atoms with van der Waals surface area (Å²) >= 11 is 11.4. The fourth-order valence-corrected chi connectivity index (χ4v) is 3.27. The van der Waals surface area contributed by atoms with Gasteiger partial charge >= 0.3 is 0 Å². The number of halogens is 1. The number of rotatable bonds is 8. The van der Waals surface area contributed by atoms with Gasteiger partial charge in [-0.25, -0.2) is 0 Å². The van der Waals surface area contributed by atoms with Crippen molar-refractivity contribution in [3.8, 4) is 22.9 Å². The fraction of sp³-hybridized carbons (Fsp3) is 0.250. The Bertz CT molecular complexity index is 1050. The summed E-state index contributed by atoms with van der Waals surface area (Å²) < 4.78 is 12.8. The van der Waals surface area contributed by atoms with Gasteiger partial charge in [-0.3, -0.25) is 14.5 Å². The van der Waals surface area contributed by atoms with Gasteiger partial charge in [0.1, 0.15) is 11.5 Å². The van der Waals surface area contributed by atoms with Crippen molar-refractivity contribution in [2.75, 3.05) is 19.0 Å². The van der Waals surface area contributed by atoms with Crippen LogP contribution in [0.25, 0.3) is 11.4 Å². The van der Waals surface area contributed by atoms with Crippen molar-refractivity contribution in [2.24, 2.45) is 0 Å². The molecule has 2 aromatic carbocycles. The maximum atomic E-state index is 12.4. The Morgan fingerprint density at radius 3 is 2.69 bits per heavy atom. The molecule has 0 unspecified atom stereocenters. The number of H-pyrrole nitrogens is 1. The lowest BCUT2D eigenvalue weighted by Crippen LogP contribution is -2.15. The topological polar surface area (TPSA) is 81.2 Å². The molecule has 0 aliphatic heterocycles. The molecular formula is C20H21ClN4O3S. The quantitative estimate of drug-likeness (QED) is 0.504. The molecule has 9 heteroatoms. The maximum Gasteiger partial charge on any atom is 0.226 e. The van der Waals surface area contributed by atoms with Gasteiger partial charge in [-0.1, -0.05) is 11.6 Å². The molecule has 0 spiro atoms. The zero-order chi connectivity index (χ0) is 20.8. The number of aromatic nitrogens is 3. The second-order valence-corrected chi connectivity index (χ2v) is 6.90. The van der Waals surface area contributed by atoms with E-state index in [9.17, 15) is 4.79 Å². The molecule has 0 fully saturated rings.